The fourth-order valence-electron chi connectivity index (χ4n) is 11.9. The maximum Gasteiger partial charge on any atom is 0.261 e. The van der Waals surface area contributed by atoms with Gasteiger partial charge < -0.3 is 5.73 Å². The van der Waals surface area contributed by atoms with Gasteiger partial charge in [-0.15, -0.1) is 35.9 Å². The zero-order valence-electron chi connectivity index (χ0n) is 27.0. The molecule has 0 amide bonds. The molecular formula is C37H56NO3PPdS. The minimum absolute atomic E-state index is 0. The van der Waals surface area contributed by atoms with Gasteiger partial charge in [-0.25, -0.2) is 0 Å². The largest absolute Gasteiger partial charge is 0.357 e. The third-order valence-corrected chi connectivity index (χ3v) is 16.9. The number of nitrogens with two attached hydrogens (primary N) is 1. The molecule has 7 heteroatoms. The Morgan fingerprint density at radius 1 is 0.841 bits per heavy atom. The van der Waals surface area contributed by atoms with Crippen LogP contribution in [-0.4, -0.2) is 35.7 Å². The van der Waals surface area contributed by atoms with Gasteiger partial charge in [-0.3, -0.25) is 4.55 Å². The van der Waals surface area contributed by atoms with E-state index in [0.29, 0.717) is 6.26 Å². The molecule has 9 aliphatic rings. The van der Waals surface area contributed by atoms with Crippen LogP contribution in [-0.2, 0) is 30.5 Å². The number of hydrogen-bond acceptors (Lipinski definition) is 3. The Bertz CT molecular complexity index is 1160. The van der Waals surface area contributed by atoms with Gasteiger partial charge in [-0.2, -0.15) is 20.1 Å². The van der Waals surface area contributed by atoms with Gasteiger partial charge in [0.2, 0.25) is 0 Å². The van der Waals surface area contributed by atoms with Crippen LogP contribution in [0.3, 0.4) is 0 Å². The summed E-state index contributed by atoms with van der Waals surface area (Å²) < 4.78 is 25.9. The monoisotopic (exact) mass is 731 g/mol. The molecule has 10 rings (SSSR count). The molecule has 0 aromatic heterocycles. The Kier molecular flexibility index (Phi) is 11.4. The van der Waals surface area contributed by atoms with E-state index in [2.05, 4.69) is 37.3 Å². The molecule has 0 saturated heterocycles. The Morgan fingerprint density at radius 3 is 1.61 bits per heavy atom. The van der Waals surface area contributed by atoms with Crippen LogP contribution < -0.4 is 5.73 Å². The van der Waals surface area contributed by atoms with Crippen molar-refractivity contribution in [1.29, 1.82) is 0 Å². The Labute approximate surface area is 283 Å². The minimum atomic E-state index is -3.67. The summed E-state index contributed by atoms with van der Waals surface area (Å²) in [5.74, 6) is 7.01. The molecule has 4 nitrogen and oxygen atoms in total. The van der Waals surface area contributed by atoms with Crippen LogP contribution in [0.5, 0.6) is 0 Å². The number of unbranched alkanes of at least 4 members (excludes halogenated alkanes) is 1. The molecule has 0 unspecified atom stereocenters. The maximum atomic E-state index is 9.19. The Morgan fingerprint density at radius 2 is 1.25 bits per heavy atom. The van der Waals surface area contributed by atoms with Crippen molar-refractivity contribution in [2.45, 2.75) is 114 Å². The number of rotatable bonds is 6. The van der Waals surface area contributed by atoms with Crippen LogP contribution in [0.1, 0.15) is 109 Å². The van der Waals surface area contributed by atoms with Crippen molar-refractivity contribution in [3.05, 3.63) is 60.2 Å². The summed E-state index contributed by atoms with van der Waals surface area (Å²) in [5.41, 5.74) is 8.26. The molecule has 8 saturated carbocycles. The van der Waals surface area contributed by atoms with E-state index in [9.17, 15) is 8.42 Å². The van der Waals surface area contributed by atoms with Crippen LogP contribution in [0.4, 0.5) is 0 Å². The molecule has 0 atom stereocenters. The average Bonchev–Trinajstić information content (AvgIpc) is 2.92. The molecule has 248 valence electrons. The summed E-state index contributed by atoms with van der Waals surface area (Å²) in [4.78, 5) is 0. The molecule has 44 heavy (non-hydrogen) atoms. The van der Waals surface area contributed by atoms with Crippen LogP contribution in [0.15, 0.2) is 48.6 Å². The molecule has 1 aromatic carbocycles. The van der Waals surface area contributed by atoms with Gasteiger partial charge in [0.1, 0.15) is 0 Å². The molecule has 9 aliphatic carbocycles. The van der Waals surface area contributed by atoms with Crippen molar-refractivity contribution in [2.75, 3.05) is 12.4 Å². The first-order valence-corrected chi connectivity index (χ1v) is 20.9. The molecule has 0 heterocycles. The predicted octanol–water partition coefficient (Wildman–Crippen LogP) is 8.96. The molecule has 8 bridgehead atoms. The van der Waals surface area contributed by atoms with Gasteiger partial charge in [-0.05, 0) is 125 Å². The molecule has 1 aromatic rings. The maximum absolute atomic E-state index is 9.19. The predicted molar refractivity (Wildman–Crippen MR) is 183 cm³/mol. The second kappa shape index (κ2) is 14.3. The normalized spacial score (nSPS) is 38.1. The van der Waals surface area contributed by atoms with Crippen molar-refractivity contribution in [3.8, 4) is 0 Å². The summed E-state index contributed by atoms with van der Waals surface area (Å²) >= 11 is 0. The van der Waals surface area contributed by atoms with Gasteiger partial charge in [0, 0.05) is 28.3 Å². The zero-order chi connectivity index (χ0) is 30.2. The Hall–Kier alpha value is -0.468. The van der Waals surface area contributed by atoms with Crippen LogP contribution in [0.25, 0.3) is 5.57 Å². The van der Waals surface area contributed by atoms with Gasteiger partial charge in [0.25, 0.3) is 10.1 Å². The fourth-order valence-corrected chi connectivity index (χ4v) is 18.0. The summed E-state index contributed by atoms with van der Waals surface area (Å²) in [6, 6.07) is 11.2. The number of allylic oxidation sites excluding steroid dienone is 2. The minimum Gasteiger partial charge on any atom is -0.357 e. The van der Waals surface area contributed by atoms with E-state index in [1.54, 1.807) is 89.6 Å². The van der Waals surface area contributed by atoms with Gasteiger partial charge in [0.15, 0.2) is 0 Å². The molecule has 0 aliphatic heterocycles. The molecule has 0 radical (unpaired) electrons. The van der Waals surface area contributed by atoms with E-state index in [4.69, 9.17) is 10.3 Å². The number of benzene rings is 1. The van der Waals surface area contributed by atoms with Crippen molar-refractivity contribution in [3.63, 3.8) is 0 Å². The first kappa shape index (κ1) is 34.9. The van der Waals surface area contributed by atoms with Crippen molar-refractivity contribution >= 4 is 23.6 Å². The van der Waals surface area contributed by atoms with E-state index in [1.807, 2.05) is 18.2 Å². The average molecular weight is 732 g/mol. The second-order valence-electron chi connectivity index (χ2n) is 15.8. The standard InChI is InChI=1S/C24H39P.C12H12N.CH4O3S.Pd/c1-2-3-4-25(23-11-17-5-18(12-23)7-19(6-17)13-23)24-14-20-8-21(15-24)10-22(9-20)16-24;13-12-9-5-4-8-11(12)10-6-2-1-3-7-10;1-5(2,3)4;/h17-22H,2-16H2,1H3;1-8H,9,13H2;1H3,(H,2,3,4);/q;-1;;/p+1. The fraction of sp³-hybridized carbons (Fsp3) is 0.703. The topological polar surface area (TPSA) is 80.4 Å². The van der Waals surface area contributed by atoms with Crippen LogP contribution in [0.2, 0.25) is 0 Å². The van der Waals surface area contributed by atoms with E-state index >= 15 is 0 Å². The van der Waals surface area contributed by atoms with Crippen molar-refractivity contribution < 1.29 is 33.4 Å². The quantitative estimate of drug-likeness (QED) is 0.133. The molecule has 3 N–H and O–H groups in total. The summed E-state index contributed by atoms with van der Waals surface area (Å²) in [5, 5.41) is 1.83. The van der Waals surface area contributed by atoms with E-state index in [1.165, 1.54) is 47.5 Å². The van der Waals surface area contributed by atoms with Crippen LogP contribution in [0, 0.1) is 41.5 Å². The van der Waals surface area contributed by atoms with Gasteiger partial charge in [-0.1, -0.05) is 31.5 Å². The second-order valence-corrected chi connectivity index (χ2v) is 20.9. The molecular weight excluding hydrogens is 676 g/mol. The Balaban J connectivity index is 0.000000171. The van der Waals surface area contributed by atoms with Crippen molar-refractivity contribution in [1.82, 2.24) is 0 Å². The first-order valence-electron chi connectivity index (χ1n) is 17.4. The summed E-state index contributed by atoms with van der Waals surface area (Å²) in [6.45, 7) is 2.46. The summed E-state index contributed by atoms with van der Waals surface area (Å²) in [6.07, 6.45) is 32.6. The van der Waals surface area contributed by atoms with Crippen LogP contribution >= 0.6 is 7.92 Å². The molecule has 0 spiro atoms. The van der Waals surface area contributed by atoms with E-state index < -0.39 is 10.1 Å². The third-order valence-electron chi connectivity index (χ3n) is 12.3. The SMILES string of the molecule is CCCC[PH+](C12CC3CC(CC(C3)C1)C2)C12CC3CC(CC(C3)C1)C2.CS(=O)(=O)O.N[C-]1CC=CC=C1c1ccccc1.[Pd]. The first-order chi connectivity index (χ1) is 20.5. The molecule has 8 fully saturated rings. The van der Waals surface area contributed by atoms with Gasteiger partial charge >= 0.3 is 0 Å². The summed E-state index contributed by atoms with van der Waals surface area (Å²) in [7, 11) is -3.86. The zero-order valence-corrected chi connectivity index (χ0v) is 30.3. The van der Waals surface area contributed by atoms with E-state index in [-0.39, 0.29) is 28.3 Å². The van der Waals surface area contributed by atoms with Crippen molar-refractivity contribution in [2.24, 2.45) is 41.2 Å². The third kappa shape index (κ3) is 7.97. The van der Waals surface area contributed by atoms with Gasteiger partial charge in [0.05, 0.1) is 22.7 Å². The van der Waals surface area contributed by atoms with E-state index in [0.717, 1.165) is 28.3 Å². The number of hydrogen-bond donors (Lipinski definition) is 2. The smallest absolute Gasteiger partial charge is 0.261 e.